The summed E-state index contributed by atoms with van der Waals surface area (Å²) in [5, 5.41) is -0.0843. The fourth-order valence-corrected chi connectivity index (χ4v) is 6.58. The Morgan fingerprint density at radius 2 is 1.64 bits per heavy atom. The van der Waals surface area contributed by atoms with Crippen molar-refractivity contribution in [3.63, 3.8) is 0 Å². The summed E-state index contributed by atoms with van der Waals surface area (Å²) in [6.45, 7) is 6.13. The Morgan fingerprint density at radius 3 is 2.15 bits per heavy atom. The number of nitrogens with zero attached hydrogens (tertiary/aromatic N) is 3. The van der Waals surface area contributed by atoms with Crippen molar-refractivity contribution in [1.82, 2.24) is 14.3 Å². The molecule has 1 aromatic heterocycles. The number of benzene rings is 1. The van der Waals surface area contributed by atoms with E-state index in [0.29, 0.717) is 12.8 Å². The summed E-state index contributed by atoms with van der Waals surface area (Å²) in [7, 11) is -3.74. The molecule has 2 aliphatic rings. The van der Waals surface area contributed by atoms with E-state index < -0.39 is 21.4 Å². The lowest BCUT2D eigenvalue weighted by Crippen LogP contribution is -2.48. The van der Waals surface area contributed by atoms with Crippen LogP contribution in [0.1, 0.15) is 60.8 Å². The zero-order chi connectivity index (χ0) is 23.8. The molecule has 0 amide bonds. The summed E-state index contributed by atoms with van der Waals surface area (Å²) in [4.78, 5) is 34.4. The molecule has 0 N–H and O–H groups in total. The van der Waals surface area contributed by atoms with Crippen LogP contribution >= 0.6 is 0 Å². The predicted octanol–water partition coefficient (Wildman–Crippen LogP) is 2.95. The van der Waals surface area contributed by atoms with Gasteiger partial charge in [0.15, 0.2) is 5.03 Å². The number of rotatable bonds is 3. The second-order valence-electron chi connectivity index (χ2n) is 9.07. The molecule has 2 aromatic rings. The van der Waals surface area contributed by atoms with Gasteiger partial charge in [-0.15, -0.1) is 5.92 Å². The zero-order valence-corrected chi connectivity index (χ0v) is 19.9. The monoisotopic (exact) mass is 465 g/mol. The summed E-state index contributed by atoms with van der Waals surface area (Å²) in [6, 6.07) is 3.86. The minimum Gasteiger partial charge on any atom is -0.299 e. The van der Waals surface area contributed by atoms with E-state index in [2.05, 4.69) is 21.8 Å². The predicted molar refractivity (Wildman–Crippen MR) is 123 cm³/mol. The van der Waals surface area contributed by atoms with E-state index in [1.54, 1.807) is 6.92 Å². The van der Waals surface area contributed by atoms with Crippen molar-refractivity contribution in [2.75, 3.05) is 13.1 Å². The Morgan fingerprint density at radius 1 is 1.03 bits per heavy atom. The minimum absolute atomic E-state index is 0.0722. The molecule has 1 aromatic carbocycles. The second-order valence-corrected chi connectivity index (χ2v) is 11.0. The van der Waals surface area contributed by atoms with Gasteiger partial charge in [0.2, 0.25) is 0 Å². The quantitative estimate of drug-likeness (QED) is 0.511. The van der Waals surface area contributed by atoms with Crippen molar-refractivity contribution < 1.29 is 18.0 Å². The van der Waals surface area contributed by atoms with Crippen LogP contribution in [0.25, 0.3) is 0 Å². The molecule has 33 heavy (non-hydrogen) atoms. The van der Waals surface area contributed by atoms with Crippen molar-refractivity contribution in [3.05, 3.63) is 53.0 Å². The molecule has 1 aliphatic heterocycles. The van der Waals surface area contributed by atoms with E-state index in [1.807, 2.05) is 26.0 Å². The first-order chi connectivity index (χ1) is 15.7. The van der Waals surface area contributed by atoms with Crippen molar-refractivity contribution in [3.8, 4) is 11.8 Å². The molecule has 1 saturated heterocycles. The number of ketones is 2. The van der Waals surface area contributed by atoms with Gasteiger partial charge >= 0.3 is 0 Å². The van der Waals surface area contributed by atoms with Crippen molar-refractivity contribution in [1.29, 1.82) is 0 Å². The molecular weight excluding hydrogens is 438 g/mol. The van der Waals surface area contributed by atoms with Gasteiger partial charge in [0.05, 0.1) is 6.20 Å². The van der Waals surface area contributed by atoms with Crippen LogP contribution in [0.4, 0.5) is 0 Å². The van der Waals surface area contributed by atoms with Crippen LogP contribution in [0.15, 0.2) is 35.7 Å². The van der Waals surface area contributed by atoms with Gasteiger partial charge in [0, 0.05) is 43.9 Å². The van der Waals surface area contributed by atoms with Gasteiger partial charge in [0.25, 0.3) is 10.0 Å². The molecule has 0 atom stereocenters. The third-order valence-corrected chi connectivity index (χ3v) is 8.61. The Labute approximate surface area is 194 Å². The van der Waals surface area contributed by atoms with Crippen LogP contribution in [0.5, 0.6) is 0 Å². The zero-order valence-electron chi connectivity index (χ0n) is 19.1. The summed E-state index contributed by atoms with van der Waals surface area (Å²) < 4.78 is 27.1. The van der Waals surface area contributed by atoms with Gasteiger partial charge in [-0.25, -0.2) is 13.4 Å². The van der Waals surface area contributed by atoms with E-state index in [1.165, 1.54) is 22.9 Å². The highest BCUT2D eigenvalue weighted by Crippen LogP contribution is 2.47. The number of aryl methyl sites for hydroxylation is 2. The molecule has 0 unspecified atom stereocenters. The average molecular weight is 466 g/mol. The van der Waals surface area contributed by atoms with E-state index in [4.69, 9.17) is 0 Å². The van der Waals surface area contributed by atoms with E-state index in [9.17, 15) is 18.0 Å². The van der Waals surface area contributed by atoms with Crippen LogP contribution in [0.2, 0.25) is 0 Å². The highest BCUT2D eigenvalue weighted by atomic mass is 32.2. The maximum absolute atomic E-state index is 13.3. The van der Waals surface area contributed by atoms with Crippen LogP contribution in [-0.2, 0) is 19.6 Å². The van der Waals surface area contributed by atoms with Gasteiger partial charge in [-0.3, -0.25) is 14.6 Å². The summed E-state index contributed by atoms with van der Waals surface area (Å²) in [5.41, 5.74) is 3.00. The molecule has 1 aliphatic carbocycles. The molecule has 4 rings (SSSR count). The summed E-state index contributed by atoms with van der Waals surface area (Å²) in [6.07, 6.45) is 5.53. The highest BCUT2D eigenvalue weighted by molar-refractivity contribution is 7.89. The smallest absolute Gasteiger partial charge is 0.262 e. The molecule has 172 valence electrons. The molecule has 1 saturated carbocycles. The minimum atomic E-state index is -3.74. The molecule has 2 heterocycles. The lowest BCUT2D eigenvalue weighted by atomic mass is 9.63. The number of carbonyl (C=O) groups excluding carboxylic acids is 2. The fourth-order valence-electron chi connectivity index (χ4n) is 5.26. The Balaban J connectivity index is 1.52. The third kappa shape index (κ3) is 4.35. The fraction of sp³-hybridized carbons (Fsp3) is 0.440. The number of aromatic nitrogens is 2. The average Bonchev–Trinajstić information content (AvgIpc) is 2.76. The highest BCUT2D eigenvalue weighted by Gasteiger charge is 2.48. The number of Topliss-reactive ketones (excluding diaryl/α,β-unsaturated/α-hetero) is 2. The summed E-state index contributed by atoms with van der Waals surface area (Å²) >= 11 is 0. The molecule has 7 nitrogen and oxygen atoms in total. The van der Waals surface area contributed by atoms with Gasteiger partial charge in [-0.05, 0) is 67.9 Å². The van der Waals surface area contributed by atoms with Crippen molar-refractivity contribution in [2.45, 2.75) is 57.4 Å². The van der Waals surface area contributed by atoms with Crippen LogP contribution in [-0.4, -0.2) is 47.3 Å². The molecule has 2 fully saturated rings. The maximum Gasteiger partial charge on any atom is 0.262 e. The largest absolute Gasteiger partial charge is 0.299 e. The Hall–Kier alpha value is -2.89. The van der Waals surface area contributed by atoms with Gasteiger partial charge in [-0.1, -0.05) is 5.92 Å². The number of carbonyl (C=O) groups is 2. The molecule has 1 spiro atoms. The third-order valence-electron chi connectivity index (χ3n) is 6.82. The van der Waals surface area contributed by atoms with Crippen LogP contribution in [0.3, 0.4) is 0 Å². The standard InChI is InChI=1S/C25H27N3O4S/c1-4-5-19-12-17(2)23(18(3)13-19)24-20(29)14-25(15-21(24)30)6-10-28(11-7-25)33(31,32)22-16-26-8-9-27-22/h8-9,12-13,16,24H,6-7,10-11,14-15H2,1-3H3. The van der Waals surface area contributed by atoms with Gasteiger partial charge < -0.3 is 0 Å². The number of sulfonamides is 1. The SMILES string of the molecule is CC#Cc1cc(C)c(C2C(=O)CC3(CCN(S(=O)(=O)c4cnccn4)CC3)CC2=O)c(C)c1. The number of hydrogen-bond acceptors (Lipinski definition) is 6. The molecular formula is C25H27N3O4S. The Bertz CT molecular complexity index is 1220. The number of piperidine rings is 1. The van der Waals surface area contributed by atoms with Crippen molar-refractivity contribution >= 4 is 21.6 Å². The molecule has 0 radical (unpaired) electrons. The van der Waals surface area contributed by atoms with Crippen molar-refractivity contribution in [2.24, 2.45) is 5.41 Å². The normalized spacial score (nSPS) is 19.4. The van der Waals surface area contributed by atoms with Gasteiger partial charge in [-0.2, -0.15) is 4.31 Å². The molecule has 8 heteroatoms. The maximum atomic E-state index is 13.3. The lowest BCUT2D eigenvalue weighted by Gasteiger charge is -2.44. The summed E-state index contributed by atoms with van der Waals surface area (Å²) in [5.74, 6) is 5.02. The number of hydrogen-bond donors (Lipinski definition) is 0. The molecule has 0 bridgehead atoms. The topological polar surface area (TPSA) is 97.3 Å². The lowest BCUT2D eigenvalue weighted by molar-refractivity contribution is -0.138. The van der Waals surface area contributed by atoms with Gasteiger partial charge in [0.1, 0.15) is 17.5 Å². The van der Waals surface area contributed by atoms with E-state index >= 15 is 0 Å². The first-order valence-corrected chi connectivity index (χ1v) is 12.5. The Kier molecular flexibility index (Phi) is 6.21. The van der Waals surface area contributed by atoms with Crippen LogP contribution in [0, 0.1) is 31.1 Å². The first kappa shape index (κ1) is 23.3. The first-order valence-electron chi connectivity index (χ1n) is 11.0. The second kappa shape index (κ2) is 8.81. The van der Waals surface area contributed by atoms with E-state index in [-0.39, 0.29) is 42.5 Å². The van der Waals surface area contributed by atoms with Crippen LogP contribution < -0.4 is 0 Å². The van der Waals surface area contributed by atoms with E-state index in [0.717, 1.165) is 22.3 Å².